The van der Waals surface area contributed by atoms with Gasteiger partial charge in [0, 0.05) is 35.7 Å². The third-order valence-electron chi connectivity index (χ3n) is 3.35. The highest BCUT2D eigenvalue weighted by Gasteiger charge is 2.16. The highest BCUT2D eigenvalue weighted by molar-refractivity contribution is 7.13. The molecule has 1 unspecified atom stereocenters. The number of hydrogen-bond donors (Lipinski definition) is 2. The summed E-state index contributed by atoms with van der Waals surface area (Å²) in [7, 11) is 0. The predicted octanol–water partition coefficient (Wildman–Crippen LogP) is 2.61. The van der Waals surface area contributed by atoms with Crippen molar-refractivity contribution in [2.24, 2.45) is 0 Å². The zero-order valence-electron chi connectivity index (χ0n) is 12.6. The lowest BCUT2D eigenvalue weighted by Crippen LogP contribution is -2.35. The first-order chi connectivity index (χ1) is 11.0. The number of nitrogens with one attached hydrogen (secondary N) is 1. The molecule has 1 atom stereocenters. The normalized spacial score (nSPS) is 11.9. The van der Waals surface area contributed by atoms with E-state index in [1.54, 1.807) is 17.5 Å². The van der Waals surface area contributed by atoms with Crippen LogP contribution in [-0.2, 0) is 0 Å². The van der Waals surface area contributed by atoms with E-state index in [1.807, 2.05) is 6.92 Å². The van der Waals surface area contributed by atoms with Crippen molar-refractivity contribution in [1.29, 1.82) is 0 Å². The van der Waals surface area contributed by atoms with Crippen molar-refractivity contribution in [2.45, 2.75) is 25.8 Å². The number of aromatic nitrogens is 1. The van der Waals surface area contributed by atoms with E-state index < -0.39 is 4.92 Å². The zero-order valence-corrected chi connectivity index (χ0v) is 13.4. The van der Waals surface area contributed by atoms with Crippen molar-refractivity contribution in [3.63, 3.8) is 0 Å². The van der Waals surface area contributed by atoms with Crippen LogP contribution in [-0.4, -0.2) is 33.6 Å². The first kappa shape index (κ1) is 17.0. The van der Waals surface area contributed by atoms with Gasteiger partial charge in [0.25, 0.3) is 11.6 Å². The molecule has 2 N–H and O–H groups in total. The summed E-state index contributed by atoms with van der Waals surface area (Å²) in [5, 5.41) is 24.8. The van der Waals surface area contributed by atoms with Gasteiger partial charge in [0.05, 0.1) is 4.92 Å². The molecule has 1 aromatic carbocycles. The van der Waals surface area contributed by atoms with E-state index >= 15 is 0 Å². The van der Waals surface area contributed by atoms with Crippen molar-refractivity contribution in [2.75, 3.05) is 6.61 Å². The van der Waals surface area contributed by atoms with Crippen LogP contribution in [0.15, 0.2) is 29.6 Å². The maximum absolute atomic E-state index is 12.2. The molecule has 7 nitrogen and oxygen atoms in total. The molecule has 0 spiro atoms. The molecule has 0 aliphatic carbocycles. The Balaban J connectivity index is 2.15. The molecule has 1 aromatic heterocycles. The molecule has 122 valence electrons. The van der Waals surface area contributed by atoms with Gasteiger partial charge in [-0.2, -0.15) is 0 Å². The quantitative estimate of drug-likeness (QED) is 0.597. The summed E-state index contributed by atoms with van der Waals surface area (Å²) >= 11 is 1.26. The van der Waals surface area contributed by atoms with Gasteiger partial charge >= 0.3 is 0 Å². The average Bonchev–Trinajstić information content (AvgIpc) is 3.04. The van der Waals surface area contributed by atoms with Gasteiger partial charge in [-0.3, -0.25) is 14.9 Å². The number of thiazole rings is 1. The molecule has 0 bridgehead atoms. The standard InChI is InChI=1S/C15H17N3O4S/c1-2-11(6-7-19)16-14(20)13-9-23-15(17-13)10-4-3-5-12(8-10)18(21)22/h3-5,8-9,11,19H,2,6-7H2,1H3,(H,16,20). The van der Waals surface area contributed by atoms with E-state index in [0.717, 1.165) is 0 Å². The van der Waals surface area contributed by atoms with Crippen LogP contribution < -0.4 is 5.32 Å². The molecule has 8 heteroatoms. The molecular formula is C15H17N3O4S. The van der Waals surface area contributed by atoms with Gasteiger partial charge in [-0.05, 0) is 12.8 Å². The molecule has 2 aromatic rings. The smallest absolute Gasteiger partial charge is 0.270 e. The Kier molecular flexibility index (Phi) is 5.78. The molecule has 23 heavy (non-hydrogen) atoms. The van der Waals surface area contributed by atoms with Gasteiger partial charge in [-0.1, -0.05) is 19.1 Å². The number of amides is 1. The summed E-state index contributed by atoms with van der Waals surface area (Å²) in [4.78, 5) is 26.8. The van der Waals surface area contributed by atoms with Crippen LogP contribution in [0.3, 0.4) is 0 Å². The van der Waals surface area contributed by atoms with Gasteiger partial charge < -0.3 is 10.4 Å². The third-order valence-corrected chi connectivity index (χ3v) is 4.24. The molecule has 1 heterocycles. The lowest BCUT2D eigenvalue weighted by atomic mass is 10.1. The Morgan fingerprint density at radius 3 is 2.96 bits per heavy atom. The monoisotopic (exact) mass is 335 g/mol. The molecule has 1 amide bonds. The van der Waals surface area contributed by atoms with Crippen molar-refractivity contribution in [3.05, 3.63) is 45.5 Å². The fraction of sp³-hybridized carbons (Fsp3) is 0.333. The molecule has 0 saturated carbocycles. The number of carbonyl (C=O) groups excluding carboxylic acids is 1. The number of hydrogen-bond acceptors (Lipinski definition) is 6. The number of nitro groups is 1. The Labute approximate surface area is 137 Å². The van der Waals surface area contributed by atoms with Crippen molar-refractivity contribution in [1.82, 2.24) is 10.3 Å². The molecule has 0 radical (unpaired) electrons. The van der Waals surface area contributed by atoms with E-state index in [9.17, 15) is 14.9 Å². The Morgan fingerprint density at radius 2 is 2.30 bits per heavy atom. The maximum Gasteiger partial charge on any atom is 0.270 e. The van der Waals surface area contributed by atoms with Crippen LogP contribution in [0.25, 0.3) is 10.6 Å². The molecule has 0 aliphatic heterocycles. The lowest BCUT2D eigenvalue weighted by molar-refractivity contribution is -0.384. The van der Waals surface area contributed by atoms with E-state index in [0.29, 0.717) is 23.4 Å². The summed E-state index contributed by atoms with van der Waals surface area (Å²) in [6.45, 7) is 1.94. The number of aliphatic hydroxyl groups excluding tert-OH is 1. The van der Waals surface area contributed by atoms with E-state index in [-0.39, 0.29) is 29.9 Å². The van der Waals surface area contributed by atoms with Crippen molar-refractivity contribution in [3.8, 4) is 10.6 Å². The Bertz CT molecular complexity index is 702. The highest BCUT2D eigenvalue weighted by atomic mass is 32.1. The Morgan fingerprint density at radius 1 is 1.52 bits per heavy atom. The average molecular weight is 335 g/mol. The number of nitrogens with zero attached hydrogens (tertiary/aromatic N) is 2. The van der Waals surface area contributed by atoms with Crippen LogP contribution in [0, 0.1) is 10.1 Å². The number of rotatable bonds is 7. The predicted molar refractivity (Wildman–Crippen MR) is 87.5 cm³/mol. The van der Waals surface area contributed by atoms with Crippen LogP contribution in [0.1, 0.15) is 30.3 Å². The number of non-ortho nitro benzene ring substituents is 1. The first-order valence-electron chi connectivity index (χ1n) is 7.17. The highest BCUT2D eigenvalue weighted by Crippen LogP contribution is 2.26. The van der Waals surface area contributed by atoms with E-state index in [1.165, 1.54) is 23.5 Å². The lowest BCUT2D eigenvalue weighted by Gasteiger charge is -2.14. The van der Waals surface area contributed by atoms with Crippen molar-refractivity contribution >= 4 is 22.9 Å². The second-order valence-electron chi connectivity index (χ2n) is 4.94. The molecular weight excluding hydrogens is 318 g/mol. The summed E-state index contributed by atoms with van der Waals surface area (Å²) in [5.74, 6) is -0.307. The Hall–Kier alpha value is -2.32. The first-order valence-corrected chi connectivity index (χ1v) is 8.05. The van der Waals surface area contributed by atoms with Crippen LogP contribution in [0.4, 0.5) is 5.69 Å². The largest absolute Gasteiger partial charge is 0.396 e. The second kappa shape index (κ2) is 7.80. The maximum atomic E-state index is 12.2. The van der Waals surface area contributed by atoms with Crippen LogP contribution >= 0.6 is 11.3 Å². The topological polar surface area (TPSA) is 105 Å². The minimum absolute atomic E-state index is 0.00872. The van der Waals surface area contributed by atoms with Gasteiger partial charge in [-0.25, -0.2) is 4.98 Å². The SMILES string of the molecule is CCC(CCO)NC(=O)c1csc(-c2cccc([N+](=O)[O-])c2)n1. The van der Waals surface area contributed by atoms with Crippen LogP contribution in [0.5, 0.6) is 0 Å². The number of carbonyl (C=O) groups is 1. The summed E-state index contributed by atoms with van der Waals surface area (Å²) in [5.41, 5.74) is 0.858. The number of benzene rings is 1. The molecule has 0 aliphatic rings. The van der Waals surface area contributed by atoms with Gasteiger partial charge in [0.1, 0.15) is 10.7 Å². The fourth-order valence-corrected chi connectivity index (χ4v) is 2.85. The molecule has 0 fully saturated rings. The number of nitro benzene ring substituents is 1. The summed E-state index contributed by atoms with van der Waals surface area (Å²) < 4.78 is 0. The van der Waals surface area contributed by atoms with Gasteiger partial charge in [-0.15, -0.1) is 11.3 Å². The zero-order chi connectivity index (χ0) is 16.8. The van der Waals surface area contributed by atoms with Crippen LogP contribution in [0.2, 0.25) is 0 Å². The van der Waals surface area contributed by atoms with Gasteiger partial charge in [0.15, 0.2) is 0 Å². The van der Waals surface area contributed by atoms with Gasteiger partial charge in [0.2, 0.25) is 0 Å². The van der Waals surface area contributed by atoms with E-state index in [4.69, 9.17) is 5.11 Å². The summed E-state index contributed by atoms with van der Waals surface area (Å²) in [6, 6.07) is 6.04. The second-order valence-corrected chi connectivity index (χ2v) is 5.79. The molecule has 0 saturated heterocycles. The summed E-state index contributed by atoms with van der Waals surface area (Å²) in [6.07, 6.45) is 1.21. The molecule has 2 rings (SSSR count). The van der Waals surface area contributed by atoms with E-state index in [2.05, 4.69) is 10.3 Å². The minimum Gasteiger partial charge on any atom is -0.396 e. The minimum atomic E-state index is -0.467. The number of aliphatic hydroxyl groups is 1. The third kappa shape index (κ3) is 4.33. The fourth-order valence-electron chi connectivity index (χ4n) is 2.06. The van der Waals surface area contributed by atoms with Crippen molar-refractivity contribution < 1.29 is 14.8 Å².